The number of morpholine rings is 1. The summed E-state index contributed by atoms with van der Waals surface area (Å²) in [6.07, 6.45) is 3.90. The second-order valence-corrected chi connectivity index (χ2v) is 9.92. The van der Waals surface area contributed by atoms with Gasteiger partial charge in [-0.2, -0.15) is 0 Å². The molecular formula is C28H35N7O2. The Bertz CT molecular complexity index is 1260. The Morgan fingerprint density at radius 3 is 2.62 bits per heavy atom. The van der Waals surface area contributed by atoms with Gasteiger partial charge in [-0.15, -0.1) is 0 Å². The SMILES string of the molecule is CN(C)C(=O)C#CCN1CCC(CNc2ccc(-c3cc4c(N5CCOCC5)ncnc4[nH]3)cc2)CC1. The first-order valence-electron chi connectivity index (χ1n) is 13.0. The van der Waals surface area contributed by atoms with Crippen molar-refractivity contribution in [2.24, 2.45) is 5.92 Å². The highest BCUT2D eigenvalue weighted by atomic mass is 16.5. The predicted molar refractivity (Wildman–Crippen MR) is 146 cm³/mol. The van der Waals surface area contributed by atoms with Crippen LogP contribution in [0.1, 0.15) is 12.8 Å². The lowest BCUT2D eigenvalue weighted by Crippen LogP contribution is -2.36. The summed E-state index contributed by atoms with van der Waals surface area (Å²) in [7, 11) is 3.45. The lowest BCUT2D eigenvalue weighted by atomic mass is 9.96. The Balaban J connectivity index is 1.13. The van der Waals surface area contributed by atoms with Crippen LogP contribution in [-0.4, -0.2) is 97.2 Å². The van der Waals surface area contributed by atoms with Crippen LogP contribution in [0.4, 0.5) is 11.5 Å². The Morgan fingerprint density at radius 2 is 1.89 bits per heavy atom. The van der Waals surface area contributed by atoms with E-state index in [0.717, 1.165) is 92.6 Å². The fourth-order valence-electron chi connectivity index (χ4n) is 4.83. The number of nitrogens with one attached hydrogen (secondary N) is 2. The first-order chi connectivity index (χ1) is 18.1. The number of hydrogen-bond donors (Lipinski definition) is 2. The van der Waals surface area contributed by atoms with Crippen LogP contribution in [0.15, 0.2) is 36.7 Å². The lowest BCUT2D eigenvalue weighted by molar-refractivity contribution is -0.122. The average Bonchev–Trinajstić information content (AvgIpc) is 3.38. The third kappa shape index (κ3) is 6.21. The number of amides is 1. The number of anilines is 2. The number of ether oxygens (including phenoxy) is 1. The van der Waals surface area contributed by atoms with E-state index in [2.05, 4.69) is 72.2 Å². The maximum atomic E-state index is 11.6. The third-order valence-corrected chi connectivity index (χ3v) is 7.12. The minimum Gasteiger partial charge on any atom is -0.385 e. The molecule has 37 heavy (non-hydrogen) atoms. The number of carbonyl (C=O) groups excluding carboxylic acids is 1. The van der Waals surface area contributed by atoms with Crippen LogP contribution < -0.4 is 10.2 Å². The minimum atomic E-state index is -0.138. The van der Waals surface area contributed by atoms with Gasteiger partial charge in [-0.3, -0.25) is 9.69 Å². The molecule has 2 aliphatic heterocycles. The van der Waals surface area contributed by atoms with Crippen molar-refractivity contribution in [3.63, 3.8) is 0 Å². The fraction of sp³-hybridized carbons (Fsp3) is 0.464. The van der Waals surface area contributed by atoms with Crippen LogP contribution in [0.3, 0.4) is 0 Å². The van der Waals surface area contributed by atoms with E-state index in [4.69, 9.17) is 4.74 Å². The normalized spacial score (nSPS) is 16.9. The molecule has 2 fully saturated rings. The lowest BCUT2D eigenvalue weighted by Gasteiger charge is -2.30. The molecule has 2 saturated heterocycles. The van der Waals surface area contributed by atoms with E-state index >= 15 is 0 Å². The second kappa shape index (κ2) is 11.6. The van der Waals surface area contributed by atoms with Gasteiger partial charge in [0.15, 0.2) is 0 Å². The second-order valence-electron chi connectivity index (χ2n) is 9.92. The highest BCUT2D eigenvalue weighted by Gasteiger charge is 2.19. The third-order valence-electron chi connectivity index (χ3n) is 7.12. The van der Waals surface area contributed by atoms with Gasteiger partial charge < -0.3 is 24.8 Å². The quantitative estimate of drug-likeness (QED) is 0.502. The molecule has 3 aromatic rings. The molecule has 0 unspecified atom stereocenters. The topological polar surface area (TPSA) is 89.6 Å². The fourth-order valence-corrected chi connectivity index (χ4v) is 4.83. The standard InChI is InChI=1S/C28H35N7O2/c1-33(2)26(36)4-3-11-34-12-9-21(10-13-34)19-29-23-7-5-22(6-8-23)25-18-24-27(32-25)30-20-31-28(24)35-14-16-37-17-15-35/h5-8,18,20-21,29H,9-17,19H2,1-2H3,(H,30,31,32). The molecule has 0 spiro atoms. The molecule has 1 amide bonds. The van der Waals surface area contributed by atoms with Crippen LogP contribution in [0, 0.1) is 17.8 Å². The number of likely N-dealkylation sites (tertiary alicyclic amines) is 1. The predicted octanol–water partition coefficient (Wildman–Crippen LogP) is 2.68. The van der Waals surface area contributed by atoms with Crippen molar-refractivity contribution in [3.05, 3.63) is 36.7 Å². The Morgan fingerprint density at radius 1 is 1.14 bits per heavy atom. The summed E-state index contributed by atoms with van der Waals surface area (Å²) >= 11 is 0. The summed E-state index contributed by atoms with van der Waals surface area (Å²) in [4.78, 5) is 30.2. The minimum absolute atomic E-state index is 0.138. The molecule has 9 heteroatoms. The number of aromatic amines is 1. The van der Waals surface area contributed by atoms with Crippen molar-refractivity contribution in [2.45, 2.75) is 12.8 Å². The molecule has 4 heterocycles. The number of H-pyrrole nitrogens is 1. The van der Waals surface area contributed by atoms with Gasteiger partial charge in [0.05, 0.1) is 25.1 Å². The molecule has 0 saturated carbocycles. The summed E-state index contributed by atoms with van der Waals surface area (Å²) in [6.45, 7) is 6.80. The molecule has 2 aromatic heterocycles. The van der Waals surface area contributed by atoms with E-state index in [1.54, 1.807) is 20.4 Å². The van der Waals surface area contributed by atoms with Gasteiger partial charge in [-0.1, -0.05) is 18.1 Å². The summed E-state index contributed by atoms with van der Waals surface area (Å²) in [5, 5.41) is 4.65. The molecular weight excluding hydrogens is 466 g/mol. The summed E-state index contributed by atoms with van der Waals surface area (Å²) < 4.78 is 5.49. The van der Waals surface area contributed by atoms with Crippen LogP contribution in [0.2, 0.25) is 0 Å². The van der Waals surface area contributed by atoms with Gasteiger partial charge in [0.25, 0.3) is 5.91 Å². The van der Waals surface area contributed by atoms with Crippen molar-refractivity contribution in [1.82, 2.24) is 24.8 Å². The highest BCUT2D eigenvalue weighted by molar-refractivity contribution is 5.93. The Kier molecular flexibility index (Phi) is 7.87. The van der Waals surface area contributed by atoms with E-state index in [1.165, 1.54) is 4.90 Å². The molecule has 1 aromatic carbocycles. The molecule has 0 bridgehead atoms. The Hall–Kier alpha value is -3.61. The molecule has 9 nitrogen and oxygen atoms in total. The molecule has 0 atom stereocenters. The zero-order valence-electron chi connectivity index (χ0n) is 21.7. The number of carbonyl (C=O) groups is 1. The summed E-state index contributed by atoms with van der Waals surface area (Å²) in [5.41, 5.74) is 4.15. The van der Waals surface area contributed by atoms with E-state index in [1.807, 2.05) is 0 Å². The molecule has 5 rings (SSSR count). The monoisotopic (exact) mass is 501 g/mol. The van der Waals surface area contributed by atoms with Crippen LogP contribution >= 0.6 is 0 Å². The van der Waals surface area contributed by atoms with Crippen molar-refractivity contribution in [1.29, 1.82) is 0 Å². The van der Waals surface area contributed by atoms with Gasteiger partial charge in [0.1, 0.15) is 17.8 Å². The number of nitrogens with zero attached hydrogens (tertiary/aromatic N) is 5. The van der Waals surface area contributed by atoms with Crippen LogP contribution in [0.5, 0.6) is 0 Å². The van der Waals surface area contributed by atoms with Crippen molar-refractivity contribution >= 4 is 28.4 Å². The van der Waals surface area contributed by atoms with Crippen molar-refractivity contribution in [2.75, 3.05) is 76.8 Å². The van der Waals surface area contributed by atoms with Crippen LogP contribution in [-0.2, 0) is 9.53 Å². The number of fused-ring (bicyclic) bond motifs is 1. The highest BCUT2D eigenvalue weighted by Crippen LogP contribution is 2.30. The van der Waals surface area contributed by atoms with Gasteiger partial charge in [0, 0.05) is 45.1 Å². The maximum absolute atomic E-state index is 11.6. The number of rotatable bonds is 6. The van der Waals surface area contributed by atoms with Gasteiger partial charge in [-0.05, 0) is 61.5 Å². The molecule has 0 radical (unpaired) electrons. The van der Waals surface area contributed by atoms with E-state index in [9.17, 15) is 4.79 Å². The number of benzene rings is 1. The van der Waals surface area contributed by atoms with Crippen molar-refractivity contribution < 1.29 is 9.53 Å². The maximum Gasteiger partial charge on any atom is 0.297 e. The number of aromatic nitrogens is 3. The smallest absolute Gasteiger partial charge is 0.297 e. The summed E-state index contributed by atoms with van der Waals surface area (Å²) in [6, 6.07) is 10.7. The first kappa shape index (κ1) is 25.1. The van der Waals surface area contributed by atoms with Crippen LogP contribution in [0.25, 0.3) is 22.3 Å². The van der Waals surface area contributed by atoms with Gasteiger partial charge in [0.2, 0.25) is 0 Å². The van der Waals surface area contributed by atoms with Gasteiger partial charge >= 0.3 is 0 Å². The average molecular weight is 502 g/mol. The molecule has 2 N–H and O–H groups in total. The number of hydrogen-bond acceptors (Lipinski definition) is 7. The number of piperidine rings is 1. The van der Waals surface area contributed by atoms with Crippen molar-refractivity contribution in [3.8, 4) is 23.1 Å². The zero-order chi connectivity index (χ0) is 25.6. The molecule has 2 aliphatic rings. The van der Waals surface area contributed by atoms with E-state index in [-0.39, 0.29) is 5.91 Å². The van der Waals surface area contributed by atoms with Gasteiger partial charge in [-0.25, -0.2) is 9.97 Å². The molecule has 0 aliphatic carbocycles. The Labute approximate surface area is 218 Å². The molecule has 194 valence electrons. The largest absolute Gasteiger partial charge is 0.385 e. The van der Waals surface area contributed by atoms with E-state index < -0.39 is 0 Å². The summed E-state index contributed by atoms with van der Waals surface area (Å²) in [5.74, 6) is 7.17. The van der Waals surface area contributed by atoms with E-state index in [0.29, 0.717) is 12.5 Å². The first-order valence-corrected chi connectivity index (χ1v) is 13.0. The zero-order valence-corrected chi connectivity index (χ0v) is 21.7.